The largest absolute Gasteiger partial charge is 0.0730 e. The second kappa shape index (κ2) is 8.27. The third-order valence-electron chi connectivity index (χ3n) is 6.08. The van der Waals surface area contributed by atoms with E-state index in [4.69, 9.17) is 0 Å². The molecule has 1 atom stereocenters. The Morgan fingerprint density at radius 3 is 2.07 bits per heavy atom. The maximum Gasteiger partial charge on any atom is 0.0730 e. The van der Waals surface area contributed by atoms with Crippen molar-refractivity contribution in [2.45, 2.75) is 88.4 Å². The number of aryl methyl sites for hydroxylation is 1. The van der Waals surface area contributed by atoms with Gasteiger partial charge in [0, 0.05) is 0 Å². The standard InChI is InChI=1S/C26H35I/c1-6-7-8-9-10-11-16-26(27)23-17-19(2)12-14-21(23)22-15-13-20(18-24(22)26)25(3,4)5/h12-15,17-18H,6-11,16H2,1-5H3. The number of unbranched alkanes of at least 4 members (excludes halogenated alkanes) is 5. The summed E-state index contributed by atoms with van der Waals surface area (Å²) in [4.78, 5) is 0. The van der Waals surface area contributed by atoms with Crippen molar-refractivity contribution in [3.05, 3.63) is 58.7 Å². The van der Waals surface area contributed by atoms with Crippen molar-refractivity contribution in [3.8, 4) is 11.1 Å². The Kier molecular flexibility index (Phi) is 6.40. The van der Waals surface area contributed by atoms with Crippen LogP contribution in [0.4, 0.5) is 0 Å². The van der Waals surface area contributed by atoms with E-state index in [1.54, 1.807) is 5.56 Å². The van der Waals surface area contributed by atoms with Gasteiger partial charge in [-0.3, -0.25) is 0 Å². The van der Waals surface area contributed by atoms with Gasteiger partial charge >= 0.3 is 0 Å². The molecule has 0 amide bonds. The topological polar surface area (TPSA) is 0 Å². The number of alkyl halides is 1. The highest BCUT2D eigenvalue weighted by Gasteiger charge is 2.41. The fourth-order valence-corrected chi connectivity index (χ4v) is 5.63. The molecule has 0 N–H and O–H groups in total. The molecule has 2 aromatic rings. The van der Waals surface area contributed by atoms with Crippen LogP contribution >= 0.6 is 22.6 Å². The van der Waals surface area contributed by atoms with Crippen LogP contribution in [-0.2, 0) is 8.84 Å². The zero-order chi connectivity index (χ0) is 19.7. The van der Waals surface area contributed by atoms with Gasteiger partial charge < -0.3 is 0 Å². The van der Waals surface area contributed by atoms with Crippen molar-refractivity contribution in [3.63, 3.8) is 0 Å². The third-order valence-corrected chi connectivity index (χ3v) is 7.78. The zero-order valence-corrected chi connectivity index (χ0v) is 19.9. The maximum absolute atomic E-state index is 2.78. The lowest BCUT2D eigenvalue weighted by Crippen LogP contribution is -2.18. The number of rotatable bonds is 7. The van der Waals surface area contributed by atoms with Crippen LogP contribution in [0, 0.1) is 6.92 Å². The minimum Gasteiger partial charge on any atom is -0.0683 e. The predicted molar refractivity (Wildman–Crippen MR) is 128 cm³/mol. The van der Waals surface area contributed by atoms with E-state index in [1.165, 1.54) is 72.8 Å². The van der Waals surface area contributed by atoms with Crippen LogP contribution in [0.3, 0.4) is 0 Å². The van der Waals surface area contributed by atoms with E-state index in [0.29, 0.717) is 0 Å². The summed E-state index contributed by atoms with van der Waals surface area (Å²) in [7, 11) is 0. The summed E-state index contributed by atoms with van der Waals surface area (Å²) >= 11 is 2.78. The van der Waals surface area contributed by atoms with Crippen molar-refractivity contribution in [1.82, 2.24) is 0 Å². The SMILES string of the molecule is CCCCCCCCC1(I)c2cc(C)ccc2-c2ccc(C(C)(C)C)cc21. The van der Waals surface area contributed by atoms with Crippen LogP contribution in [0.2, 0.25) is 0 Å². The van der Waals surface area contributed by atoms with Crippen molar-refractivity contribution in [2.24, 2.45) is 0 Å². The summed E-state index contributed by atoms with van der Waals surface area (Å²) in [6.07, 6.45) is 9.42. The molecular weight excluding hydrogens is 439 g/mol. The second-order valence-electron chi connectivity index (χ2n) is 9.38. The lowest BCUT2D eigenvalue weighted by Gasteiger charge is -2.28. The Morgan fingerprint density at radius 1 is 0.815 bits per heavy atom. The molecule has 0 nitrogen and oxygen atoms in total. The quantitative estimate of drug-likeness (QED) is 0.214. The van der Waals surface area contributed by atoms with Crippen LogP contribution in [-0.4, -0.2) is 0 Å². The van der Waals surface area contributed by atoms with E-state index < -0.39 is 0 Å². The smallest absolute Gasteiger partial charge is 0.0683 e. The molecule has 1 aliphatic rings. The van der Waals surface area contributed by atoms with Gasteiger partial charge in [-0.2, -0.15) is 0 Å². The molecule has 0 fully saturated rings. The number of hydrogen-bond donors (Lipinski definition) is 0. The van der Waals surface area contributed by atoms with Crippen LogP contribution in [0.15, 0.2) is 36.4 Å². The highest BCUT2D eigenvalue weighted by molar-refractivity contribution is 14.1. The molecule has 2 aromatic carbocycles. The van der Waals surface area contributed by atoms with Crippen LogP contribution < -0.4 is 0 Å². The fraction of sp³-hybridized carbons (Fsp3) is 0.538. The van der Waals surface area contributed by atoms with Crippen molar-refractivity contribution < 1.29 is 0 Å². The average Bonchev–Trinajstić information content (AvgIpc) is 2.86. The highest BCUT2D eigenvalue weighted by atomic mass is 127. The zero-order valence-electron chi connectivity index (χ0n) is 17.8. The average molecular weight is 474 g/mol. The molecule has 1 heteroatoms. The monoisotopic (exact) mass is 474 g/mol. The summed E-state index contributed by atoms with van der Waals surface area (Å²) in [5.74, 6) is 0. The summed E-state index contributed by atoms with van der Waals surface area (Å²) in [6.45, 7) is 11.5. The van der Waals surface area contributed by atoms with Crippen LogP contribution in [0.1, 0.15) is 94.9 Å². The Hall–Kier alpha value is -0.830. The molecule has 0 spiro atoms. The first kappa shape index (κ1) is 20.9. The van der Waals surface area contributed by atoms with E-state index >= 15 is 0 Å². The summed E-state index contributed by atoms with van der Waals surface area (Å²) < 4.78 is 0.125. The Morgan fingerprint density at radius 2 is 1.41 bits per heavy atom. The van der Waals surface area contributed by atoms with E-state index in [0.717, 1.165) is 0 Å². The van der Waals surface area contributed by atoms with Crippen molar-refractivity contribution >= 4 is 22.6 Å². The van der Waals surface area contributed by atoms with Gasteiger partial charge in [0.1, 0.15) is 0 Å². The van der Waals surface area contributed by atoms with E-state index in [2.05, 4.69) is 93.6 Å². The Bertz CT molecular complexity index is 796. The number of halogens is 1. The number of benzene rings is 2. The van der Waals surface area contributed by atoms with Gasteiger partial charge in [-0.25, -0.2) is 0 Å². The first-order chi connectivity index (χ1) is 12.8. The molecule has 0 aromatic heterocycles. The lowest BCUT2D eigenvalue weighted by molar-refractivity contribution is 0.560. The summed E-state index contributed by atoms with van der Waals surface area (Å²) in [5, 5.41) is 0. The molecule has 0 aliphatic heterocycles. The van der Waals surface area contributed by atoms with Crippen molar-refractivity contribution in [1.29, 1.82) is 0 Å². The molecule has 0 saturated heterocycles. The normalized spacial score (nSPS) is 18.4. The molecule has 0 saturated carbocycles. The lowest BCUT2D eigenvalue weighted by atomic mass is 9.83. The molecule has 27 heavy (non-hydrogen) atoms. The first-order valence-corrected chi connectivity index (χ1v) is 11.8. The van der Waals surface area contributed by atoms with Gasteiger partial charge in [-0.1, -0.05) is 131 Å². The van der Waals surface area contributed by atoms with E-state index in [9.17, 15) is 0 Å². The van der Waals surface area contributed by atoms with Crippen LogP contribution in [0.25, 0.3) is 11.1 Å². The van der Waals surface area contributed by atoms with Gasteiger partial charge in [0.15, 0.2) is 0 Å². The number of fused-ring (bicyclic) bond motifs is 3. The van der Waals surface area contributed by atoms with Gasteiger partial charge in [-0.05, 0) is 46.6 Å². The van der Waals surface area contributed by atoms with Gasteiger partial charge in [0.25, 0.3) is 0 Å². The Labute approximate surface area is 180 Å². The van der Waals surface area contributed by atoms with Gasteiger partial charge in [0.05, 0.1) is 3.42 Å². The van der Waals surface area contributed by atoms with Gasteiger partial charge in [0.2, 0.25) is 0 Å². The summed E-state index contributed by atoms with van der Waals surface area (Å²) in [5.41, 5.74) is 9.02. The molecule has 3 rings (SSSR count). The minimum absolute atomic E-state index is 0.125. The second-order valence-corrected chi connectivity index (χ2v) is 11.2. The molecule has 0 heterocycles. The summed E-state index contributed by atoms with van der Waals surface area (Å²) in [6, 6.07) is 14.3. The molecular formula is C26H35I. The van der Waals surface area contributed by atoms with E-state index in [-0.39, 0.29) is 8.84 Å². The van der Waals surface area contributed by atoms with Crippen LogP contribution in [0.5, 0.6) is 0 Å². The molecule has 0 bridgehead atoms. The molecule has 0 radical (unpaired) electrons. The molecule has 146 valence electrons. The maximum atomic E-state index is 2.78. The highest BCUT2D eigenvalue weighted by Crippen LogP contribution is 2.56. The number of hydrogen-bond acceptors (Lipinski definition) is 0. The van der Waals surface area contributed by atoms with E-state index in [1.807, 2.05) is 0 Å². The molecule has 1 unspecified atom stereocenters. The van der Waals surface area contributed by atoms with Crippen molar-refractivity contribution in [2.75, 3.05) is 0 Å². The van der Waals surface area contributed by atoms with Gasteiger partial charge in [-0.15, -0.1) is 0 Å². The first-order valence-electron chi connectivity index (χ1n) is 10.7. The fourth-order valence-electron chi connectivity index (χ4n) is 4.36. The molecule has 1 aliphatic carbocycles. The Balaban J connectivity index is 1.93. The third kappa shape index (κ3) is 4.28. The predicted octanol–water partition coefficient (Wildman–Crippen LogP) is 8.70. The minimum atomic E-state index is 0.125.